The maximum absolute atomic E-state index is 5.90. The van der Waals surface area contributed by atoms with E-state index in [1.165, 1.54) is 10.5 Å². The van der Waals surface area contributed by atoms with Crippen molar-refractivity contribution in [2.75, 3.05) is 25.9 Å². The molecule has 0 fully saturated rings. The first-order valence-electron chi connectivity index (χ1n) is 7.71. The highest BCUT2D eigenvalue weighted by Gasteiger charge is 2.12. The number of nitrogens with two attached hydrogens (primary N) is 1. The number of ether oxygens (including phenoxy) is 1. The van der Waals surface area contributed by atoms with Crippen molar-refractivity contribution in [2.45, 2.75) is 17.1 Å². The molecule has 3 rings (SSSR count). The Kier molecular flexibility index (Phi) is 5.08. The van der Waals surface area contributed by atoms with Crippen molar-refractivity contribution in [1.29, 1.82) is 0 Å². The Morgan fingerprint density at radius 3 is 2.91 bits per heavy atom. The van der Waals surface area contributed by atoms with E-state index in [9.17, 15) is 0 Å². The lowest BCUT2D eigenvalue weighted by Crippen LogP contribution is -2.30. The molecule has 2 aromatic carbocycles. The number of rotatable bonds is 5. The molecule has 5 heteroatoms. The van der Waals surface area contributed by atoms with E-state index in [0.717, 1.165) is 48.1 Å². The minimum absolute atomic E-state index is 0.757. The van der Waals surface area contributed by atoms with Gasteiger partial charge in [0.1, 0.15) is 11.6 Å². The van der Waals surface area contributed by atoms with Crippen LogP contribution in [-0.4, -0.2) is 26.0 Å². The van der Waals surface area contributed by atoms with E-state index in [4.69, 9.17) is 10.5 Å². The molecule has 0 spiro atoms. The summed E-state index contributed by atoms with van der Waals surface area (Å²) >= 11 is 1.78. The Bertz CT molecular complexity index is 715. The van der Waals surface area contributed by atoms with Crippen molar-refractivity contribution in [1.82, 2.24) is 5.32 Å². The third-order valence-electron chi connectivity index (χ3n) is 3.73. The molecule has 0 aromatic heterocycles. The first kappa shape index (κ1) is 15.7. The number of methoxy groups -OCH3 is 1. The summed E-state index contributed by atoms with van der Waals surface area (Å²) in [6.45, 7) is 1.88. The van der Waals surface area contributed by atoms with Crippen molar-refractivity contribution >= 4 is 23.3 Å². The van der Waals surface area contributed by atoms with Crippen molar-refractivity contribution < 1.29 is 4.74 Å². The van der Waals surface area contributed by atoms with Crippen LogP contribution in [0.25, 0.3) is 0 Å². The SMILES string of the molecule is COc1ccc(N)cc1CSc1ccccc1C1=NCCCN1. The second-order valence-electron chi connectivity index (χ2n) is 5.37. The fourth-order valence-corrected chi connectivity index (χ4v) is 3.60. The Balaban J connectivity index is 1.81. The Labute approximate surface area is 141 Å². The topological polar surface area (TPSA) is 59.6 Å². The number of thioether (sulfide) groups is 1. The molecule has 1 heterocycles. The molecule has 0 radical (unpaired) electrons. The fraction of sp³-hybridized carbons (Fsp3) is 0.278. The Hall–Kier alpha value is -2.14. The first-order chi connectivity index (χ1) is 11.3. The number of nitrogens with one attached hydrogen (secondary N) is 1. The molecular formula is C18H21N3OS. The zero-order valence-electron chi connectivity index (χ0n) is 13.2. The lowest BCUT2D eigenvalue weighted by Gasteiger charge is -2.17. The van der Waals surface area contributed by atoms with Gasteiger partial charge in [0, 0.05) is 40.6 Å². The van der Waals surface area contributed by atoms with Crippen LogP contribution in [0.3, 0.4) is 0 Å². The summed E-state index contributed by atoms with van der Waals surface area (Å²) in [4.78, 5) is 5.82. The zero-order valence-corrected chi connectivity index (χ0v) is 14.0. The largest absolute Gasteiger partial charge is 0.496 e. The maximum atomic E-state index is 5.90. The van der Waals surface area contributed by atoms with Gasteiger partial charge in [0.25, 0.3) is 0 Å². The molecule has 0 amide bonds. The summed E-state index contributed by atoms with van der Waals surface area (Å²) in [5.74, 6) is 2.68. The lowest BCUT2D eigenvalue weighted by molar-refractivity contribution is 0.411. The van der Waals surface area contributed by atoms with Gasteiger partial charge >= 0.3 is 0 Å². The molecule has 0 unspecified atom stereocenters. The number of hydrogen-bond donors (Lipinski definition) is 2. The van der Waals surface area contributed by atoms with E-state index in [-0.39, 0.29) is 0 Å². The summed E-state index contributed by atoms with van der Waals surface area (Å²) < 4.78 is 5.43. The highest BCUT2D eigenvalue weighted by molar-refractivity contribution is 7.98. The molecule has 1 aliphatic heterocycles. The smallest absolute Gasteiger partial charge is 0.129 e. The van der Waals surface area contributed by atoms with Crippen molar-refractivity contribution in [2.24, 2.45) is 4.99 Å². The van der Waals surface area contributed by atoms with E-state index < -0.39 is 0 Å². The number of benzene rings is 2. The van der Waals surface area contributed by atoms with Gasteiger partial charge in [-0.25, -0.2) is 0 Å². The third-order valence-corrected chi connectivity index (χ3v) is 4.85. The van der Waals surface area contributed by atoms with Gasteiger partial charge in [0.2, 0.25) is 0 Å². The summed E-state index contributed by atoms with van der Waals surface area (Å²) in [6, 6.07) is 14.1. The molecule has 4 nitrogen and oxygen atoms in total. The highest BCUT2D eigenvalue weighted by atomic mass is 32.2. The van der Waals surface area contributed by atoms with E-state index >= 15 is 0 Å². The molecular weight excluding hydrogens is 306 g/mol. The van der Waals surface area contributed by atoms with Gasteiger partial charge in [-0.1, -0.05) is 18.2 Å². The molecule has 23 heavy (non-hydrogen) atoms. The second kappa shape index (κ2) is 7.42. The predicted octanol–water partition coefficient (Wildman–Crippen LogP) is 3.31. The number of nitrogen functional groups attached to an aromatic ring is 1. The Morgan fingerprint density at radius 2 is 2.13 bits per heavy atom. The maximum Gasteiger partial charge on any atom is 0.129 e. The van der Waals surface area contributed by atoms with Gasteiger partial charge in [-0.15, -0.1) is 11.8 Å². The van der Waals surface area contributed by atoms with Crippen LogP contribution in [0.15, 0.2) is 52.4 Å². The van der Waals surface area contributed by atoms with Gasteiger partial charge in [-0.3, -0.25) is 4.99 Å². The van der Waals surface area contributed by atoms with Gasteiger partial charge in [-0.2, -0.15) is 0 Å². The number of hydrogen-bond acceptors (Lipinski definition) is 5. The average molecular weight is 327 g/mol. The first-order valence-corrected chi connectivity index (χ1v) is 8.69. The Morgan fingerprint density at radius 1 is 1.26 bits per heavy atom. The fourth-order valence-electron chi connectivity index (χ4n) is 2.57. The van der Waals surface area contributed by atoms with Crippen LogP contribution in [0.4, 0.5) is 5.69 Å². The third kappa shape index (κ3) is 3.79. The molecule has 0 saturated heterocycles. The summed E-state index contributed by atoms with van der Waals surface area (Å²) in [7, 11) is 1.69. The number of nitrogens with zero attached hydrogens (tertiary/aromatic N) is 1. The van der Waals surface area contributed by atoms with Crippen LogP contribution >= 0.6 is 11.8 Å². The average Bonchev–Trinajstić information content (AvgIpc) is 2.61. The predicted molar refractivity (Wildman–Crippen MR) is 97.4 cm³/mol. The minimum atomic E-state index is 0.757. The quantitative estimate of drug-likeness (QED) is 0.653. The molecule has 120 valence electrons. The molecule has 1 aliphatic rings. The van der Waals surface area contributed by atoms with Crippen LogP contribution in [0, 0.1) is 0 Å². The zero-order chi connectivity index (χ0) is 16.1. The molecule has 2 aromatic rings. The van der Waals surface area contributed by atoms with Gasteiger partial charge in [0.15, 0.2) is 0 Å². The van der Waals surface area contributed by atoms with Crippen molar-refractivity contribution in [3.05, 3.63) is 53.6 Å². The summed E-state index contributed by atoms with van der Waals surface area (Å²) in [5.41, 5.74) is 8.93. The second-order valence-corrected chi connectivity index (χ2v) is 6.38. The van der Waals surface area contributed by atoms with Crippen LogP contribution in [0.1, 0.15) is 17.5 Å². The molecule has 3 N–H and O–H groups in total. The van der Waals surface area contributed by atoms with Crippen LogP contribution in [0.5, 0.6) is 5.75 Å². The van der Waals surface area contributed by atoms with Crippen molar-refractivity contribution in [3.8, 4) is 5.75 Å². The summed E-state index contributed by atoms with van der Waals surface area (Å²) in [6.07, 6.45) is 1.10. The molecule has 0 aliphatic carbocycles. The minimum Gasteiger partial charge on any atom is -0.496 e. The van der Waals surface area contributed by atoms with Crippen LogP contribution in [0.2, 0.25) is 0 Å². The van der Waals surface area contributed by atoms with Crippen LogP contribution in [-0.2, 0) is 5.75 Å². The van der Waals surface area contributed by atoms with Crippen molar-refractivity contribution in [3.63, 3.8) is 0 Å². The van der Waals surface area contributed by atoms with Gasteiger partial charge in [-0.05, 0) is 30.7 Å². The number of aliphatic imine (C=N–C) groups is 1. The lowest BCUT2D eigenvalue weighted by atomic mass is 10.2. The molecule has 0 atom stereocenters. The van der Waals surface area contributed by atoms with Gasteiger partial charge < -0.3 is 15.8 Å². The number of anilines is 1. The van der Waals surface area contributed by atoms with E-state index in [2.05, 4.69) is 34.6 Å². The van der Waals surface area contributed by atoms with E-state index in [0.29, 0.717) is 0 Å². The molecule has 0 bridgehead atoms. The summed E-state index contributed by atoms with van der Waals surface area (Å²) in [5, 5.41) is 3.40. The highest BCUT2D eigenvalue weighted by Crippen LogP contribution is 2.31. The van der Waals surface area contributed by atoms with E-state index in [1.807, 2.05) is 18.2 Å². The molecule has 0 saturated carbocycles. The number of amidine groups is 1. The van der Waals surface area contributed by atoms with Gasteiger partial charge in [0.05, 0.1) is 7.11 Å². The normalized spacial score (nSPS) is 14.0. The van der Waals surface area contributed by atoms with Crippen LogP contribution < -0.4 is 15.8 Å². The monoisotopic (exact) mass is 327 g/mol. The standard InChI is InChI=1S/C18H21N3OS/c1-22-16-8-7-14(19)11-13(16)12-23-17-6-3-2-5-15(17)18-20-9-4-10-21-18/h2-3,5-8,11H,4,9-10,12,19H2,1H3,(H,20,21). The van der Waals surface area contributed by atoms with E-state index in [1.54, 1.807) is 18.9 Å².